The SMILES string of the molecule is COc1ccc(C(=O)NCC(=O)OCc2ccccc2)cc1NS(C)=O. The van der Waals surface area contributed by atoms with Crippen LogP contribution in [-0.4, -0.2) is 36.0 Å². The van der Waals surface area contributed by atoms with Gasteiger partial charge in [-0.05, 0) is 23.8 Å². The van der Waals surface area contributed by atoms with Crippen LogP contribution >= 0.6 is 0 Å². The van der Waals surface area contributed by atoms with E-state index in [4.69, 9.17) is 9.47 Å². The summed E-state index contributed by atoms with van der Waals surface area (Å²) in [6.07, 6.45) is 1.47. The van der Waals surface area contributed by atoms with Crippen LogP contribution in [0.1, 0.15) is 15.9 Å². The molecule has 0 fully saturated rings. The van der Waals surface area contributed by atoms with Crippen molar-refractivity contribution in [1.82, 2.24) is 5.32 Å². The molecule has 1 amide bonds. The number of methoxy groups -OCH3 is 1. The second kappa shape index (κ2) is 9.57. The quantitative estimate of drug-likeness (QED) is 0.686. The lowest BCUT2D eigenvalue weighted by Crippen LogP contribution is -2.30. The maximum atomic E-state index is 12.2. The lowest BCUT2D eigenvalue weighted by atomic mass is 10.2. The molecule has 0 aliphatic heterocycles. The van der Waals surface area contributed by atoms with Crippen molar-refractivity contribution in [2.45, 2.75) is 6.61 Å². The molecule has 2 rings (SSSR count). The lowest BCUT2D eigenvalue weighted by molar-refractivity contribution is -0.143. The Morgan fingerprint density at radius 3 is 2.50 bits per heavy atom. The molecule has 0 bridgehead atoms. The minimum Gasteiger partial charge on any atom is -0.495 e. The summed E-state index contributed by atoms with van der Waals surface area (Å²) in [5.41, 5.74) is 1.59. The number of hydrogen-bond donors (Lipinski definition) is 2. The predicted octanol–water partition coefficient (Wildman–Crippen LogP) is 1.87. The zero-order chi connectivity index (χ0) is 18.9. The molecule has 0 heterocycles. The summed E-state index contributed by atoms with van der Waals surface area (Å²) in [6.45, 7) is -0.103. The Morgan fingerprint density at radius 2 is 1.85 bits per heavy atom. The summed E-state index contributed by atoms with van der Waals surface area (Å²) < 4.78 is 24.3. The number of carbonyl (C=O) groups is 2. The third-order valence-electron chi connectivity index (χ3n) is 3.35. The number of anilines is 1. The van der Waals surface area contributed by atoms with E-state index in [-0.39, 0.29) is 13.2 Å². The molecule has 7 nitrogen and oxygen atoms in total. The summed E-state index contributed by atoms with van der Waals surface area (Å²) in [4.78, 5) is 24.0. The van der Waals surface area contributed by atoms with Crippen LogP contribution in [0.4, 0.5) is 5.69 Å². The molecular formula is C18H20N2O5S. The Balaban J connectivity index is 1.90. The molecule has 0 spiro atoms. The molecule has 8 heteroatoms. The normalized spacial score (nSPS) is 11.3. The van der Waals surface area contributed by atoms with E-state index in [1.165, 1.54) is 19.4 Å². The van der Waals surface area contributed by atoms with Gasteiger partial charge in [-0.2, -0.15) is 0 Å². The van der Waals surface area contributed by atoms with E-state index < -0.39 is 22.9 Å². The largest absolute Gasteiger partial charge is 0.495 e. The highest BCUT2D eigenvalue weighted by molar-refractivity contribution is 7.85. The van der Waals surface area contributed by atoms with Crippen LogP contribution < -0.4 is 14.8 Å². The van der Waals surface area contributed by atoms with E-state index in [2.05, 4.69) is 10.0 Å². The van der Waals surface area contributed by atoms with E-state index in [0.717, 1.165) is 5.56 Å². The maximum Gasteiger partial charge on any atom is 0.325 e. The molecular weight excluding hydrogens is 356 g/mol. The minimum atomic E-state index is -1.32. The fourth-order valence-electron chi connectivity index (χ4n) is 2.13. The average Bonchev–Trinajstić information content (AvgIpc) is 2.64. The first-order valence-corrected chi connectivity index (χ1v) is 9.31. The van der Waals surface area contributed by atoms with Gasteiger partial charge in [-0.3, -0.25) is 9.59 Å². The van der Waals surface area contributed by atoms with Crippen LogP contribution in [0.25, 0.3) is 0 Å². The van der Waals surface area contributed by atoms with Crippen molar-refractivity contribution in [3.05, 3.63) is 59.7 Å². The first kappa shape index (κ1) is 19.5. The van der Waals surface area contributed by atoms with E-state index in [1.54, 1.807) is 12.1 Å². The van der Waals surface area contributed by atoms with Crippen molar-refractivity contribution in [1.29, 1.82) is 0 Å². The van der Waals surface area contributed by atoms with Crippen molar-refractivity contribution < 1.29 is 23.3 Å². The molecule has 2 N–H and O–H groups in total. The summed E-state index contributed by atoms with van der Waals surface area (Å²) >= 11 is 0. The van der Waals surface area contributed by atoms with Crippen LogP contribution in [0.5, 0.6) is 5.75 Å². The summed E-state index contributed by atoms with van der Waals surface area (Å²) in [5, 5.41) is 2.50. The van der Waals surface area contributed by atoms with Gasteiger partial charge in [0.05, 0.1) is 12.8 Å². The van der Waals surface area contributed by atoms with Crippen molar-refractivity contribution in [3.63, 3.8) is 0 Å². The predicted molar refractivity (Wildman–Crippen MR) is 99.3 cm³/mol. The lowest BCUT2D eigenvalue weighted by Gasteiger charge is -2.11. The van der Waals surface area contributed by atoms with Gasteiger partial charge in [-0.15, -0.1) is 0 Å². The van der Waals surface area contributed by atoms with Crippen LogP contribution in [0.2, 0.25) is 0 Å². The molecule has 0 radical (unpaired) electrons. The molecule has 0 saturated heterocycles. The molecule has 2 aromatic rings. The van der Waals surface area contributed by atoms with Crippen molar-refractivity contribution in [2.24, 2.45) is 0 Å². The number of carbonyl (C=O) groups excluding carboxylic acids is 2. The van der Waals surface area contributed by atoms with Crippen molar-refractivity contribution >= 4 is 28.5 Å². The topological polar surface area (TPSA) is 93.7 Å². The van der Waals surface area contributed by atoms with Gasteiger partial charge in [0.15, 0.2) is 0 Å². The Labute approximate surface area is 154 Å². The maximum absolute atomic E-state index is 12.2. The van der Waals surface area contributed by atoms with Crippen LogP contribution in [0, 0.1) is 0 Å². The minimum absolute atomic E-state index is 0.147. The van der Waals surface area contributed by atoms with Gasteiger partial charge >= 0.3 is 5.97 Å². The highest BCUT2D eigenvalue weighted by atomic mass is 32.2. The number of hydrogen-bond acceptors (Lipinski definition) is 5. The fraction of sp³-hybridized carbons (Fsp3) is 0.222. The third kappa shape index (κ3) is 5.89. The Hall–Kier alpha value is -2.87. The van der Waals surface area contributed by atoms with Gasteiger partial charge in [-0.25, -0.2) is 4.21 Å². The highest BCUT2D eigenvalue weighted by Crippen LogP contribution is 2.25. The molecule has 138 valence electrons. The Morgan fingerprint density at radius 1 is 1.12 bits per heavy atom. The number of ether oxygens (including phenoxy) is 2. The van der Waals surface area contributed by atoms with E-state index in [0.29, 0.717) is 17.0 Å². The molecule has 2 aromatic carbocycles. The second-order valence-corrected chi connectivity index (χ2v) is 6.41. The Kier molecular flexibility index (Phi) is 7.16. The summed E-state index contributed by atoms with van der Waals surface area (Å²) in [6, 6.07) is 13.9. The van der Waals surface area contributed by atoms with Gasteiger partial charge < -0.3 is 19.5 Å². The number of amides is 1. The molecule has 1 atom stereocenters. The number of benzene rings is 2. The molecule has 1 unspecified atom stereocenters. The zero-order valence-corrected chi connectivity index (χ0v) is 15.3. The first-order valence-electron chi connectivity index (χ1n) is 7.75. The van der Waals surface area contributed by atoms with Gasteiger partial charge in [0.2, 0.25) is 0 Å². The van der Waals surface area contributed by atoms with E-state index >= 15 is 0 Å². The second-order valence-electron chi connectivity index (χ2n) is 5.30. The molecule has 26 heavy (non-hydrogen) atoms. The van der Waals surface area contributed by atoms with Gasteiger partial charge in [0.1, 0.15) is 29.9 Å². The Bertz CT molecular complexity index is 795. The molecule has 0 aromatic heterocycles. The number of esters is 1. The number of rotatable bonds is 8. The van der Waals surface area contributed by atoms with Crippen molar-refractivity contribution in [2.75, 3.05) is 24.6 Å². The van der Waals surface area contributed by atoms with E-state index in [1.807, 2.05) is 30.3 Å². The third-order valence-corrected chi connectivity index (χ3v) is 3.86. The summed E-state index contributed by atoms with van der Waals surface area (Å²) in [7, 11) is 0.156. The van der Waals surface area contributed by atoms with E-state index in [9.17, 15) is 13.8 Å². The van der Waals surface area contributed by atoms with Gasteiger partial charge in [0.25, 0.3) is 5.91 Å². The summed E-state index contributed by atoms with van der Waals surface area (Å²) in [5.74, 6) is -0.531. The van der Waals surface area contributed by atoms with Crippen molar-refractivity contribution in [3.8, 4) is 5.75 Å². The van der Waals surface area contributed by atoms with Crippen LogP contribution in [0.15, 0.2) is 48.5 Å². The van der Waals surface area contributed by atoms with Gasteiger partial charge in [0, 0.05) is 11.8 Å². The standard InChI is InChI=1S/C18H20N2O5S/c1-24-16-9-8-14(10-15(16)20-26(2)23)18(22)19-11-17(21)25-12-13-6-4-3-5-7-13/h3-10,20H,11-12H2,1-2H3,(H,19,22). The fourth-order valence-corrected chi connectivity index (χ4v) is 2.60. The average molecular weight is 376 g/mol. The number of nitrogens with one attached hydrogen (secondary N) is 2. The zero-order valence-electron chi connectivity index (χ0n) is 14.5. The molecule has 0 saturated carbocycles. The molecule has 0 aliphatic rings. The smallest absolute Gasteiger partial charge is 0.325 e. The van der Waals surface area contributed by atoms with Crippen LogP contribution in [0.3, 0.4) is 0 Å². The van der Waals surface area contributed by atoms with Crippen LogP contribution in [-0.2, 0) is 27.1 Å². The van der Waals surface area contributed by atoms with Gasteiger partial charge in [-0.1, -0.05) is 30.3 Å². The first-order chi connectivity index (χ1) is 12.5. The highest BCUT2D eigenvalue weighted by Gasteiger charge is 2.12. The monoisotopic (exact) mass is 376 g/mol. The molecule has 0 aliphatic carbocycles.